The largest absolute Gasteiger partial charge is 0.389 e. The summed E-state index contributed by atoms with van der Waals surface area (Å²) in [4.78, 5) is 8.85. The Labute approximate surface area is 117 Å². The highest BCUT2D eigenvalue weighted by Gasteiger charge is 2.13. The Morgan fingerprint density at radius 2 is 1.90 bits per heavy atom. The first kappa shape index (κ1) is 12.8. The number of pyridine rings is 1. The minimum Gasteiger partial charge on any atom is -0.389 e. The molecule has 4 nitrogen and oxygen atoms in total. The summed E-state index contributed by atoms with van der Waals surface area (Å²) in [6.07, 6.45) is 2.92. The van der Waals surface area contributed by atoms with Crippen LogP contribution in [0.2, 0.25) is 0 Å². The minimum atomic E-state index is -0.567. The molecule has 0 amide bonds. The summed E-state index contributed by atoms with van der Waals surface area (Å²) in [7, 11) is 0. The predicted molar refractivity (Wildman–Crippen MR) is 79.0 cm³/mol. The maximum Gasteiger partial charge on any atom is 0.144 e. The molecule has 4 heteroatoms. The van der Waals surface area contributed by atoms with Gasteiger partial charge in [-0.15, -0.1) is 0 Å². The highest BCUT2D eigenvalue weighted by atomic mass is 16.3. The number of aliphatic hydroxyl groups is 1. The van der Waals surface area contributed by atoms with E-state index in [2.05, 4.69) is 35.9 Å². The van der Waals surface area contributed by atoms with Crippen LogP contribution in [0.25, 0.3) is 16.9 Å². The fourth-order valence-corrected chi connectivity index (χ4v) is 2.37. The molecule has 0 radical (unpaired) electrons. The Kier molecular flexibility index (Phi) is 3.03. The van der Waals surface area contributed by atoms with Crippen LogP contribution in [-0.4, -0.2) is 19.6 Å². The number of imidazole rings is 1. The molecular formula is C16H17N3O. The van der Waals surface area contributed by atoms with Gasteiger partial charge in [0.05, 0.1) is 17.1 Å². The lowest BCUT2D eigenvalue weighted by Crippen LogP contribution is -2.04. The number of aliphatic hydroxyl groups excluding tert-OH is 1. The van der Waals surface area contributed by atoms with Gasteiger partial charge in [-0.3, -0.25) is 4.57 Å². The van der Waals surface area contributed by atoms with Crippen molar-refractivity contribution >= 4 is 11.0 Å². The molecule has 0 aliphatic heterocycles. The molecule has 2 aromatic heterocycles. The average molecular weight is 267 g/mol. The number of hydrogen-bond acceptors (Lipinski definition) is 3. The third-order valence-corrected chi connectivity index (χ3v) is 3.66. The van der Waals surface area contributed by atoms with Gasteiger partial charge < -0.3 is 5.11 Å². The fourth-order valence-electron chi connectivity index (χ4n) is 2.37. The standard InChI is InChI=1S/C16H17N3O/c1-10-7-14-15(8-11(10)2)19(9-18-14)16-13(12(3)20)5-4-6-17-16/h4-9,12,20H,1-3H3. The van der Waals surface area contributed by atoms with Gasteiger partial charge in [0.1, 0.15) is 12.1 Å². The van der Waals surface area contributed by atoms with Crippen molar-refractivity contribution in [3.63, 3.8) is 0 Å². The number of fused-ring (bicyclic) bond motifs is 1. The van der Waals surface area contributed by atoms with E-state index in [9.17, 15) is 5.11 Å². The van der Waals surface area contributed by atoms with E-state index in [1.54, 1.807) is 19.4 Å². The quantitative estimate of drug-likeness (QED) is 0.776. The van der Waals surface area contributed by atoms with E-state index in [1.165, 1.54) is 11.1 Å². The van der Waals surface area contributed by atoms with Gasteiger partial charge in [0.25, 0.3) is 0 Å². The molecule has 0 saturated carbocycles. The van der Waals surface area contributed by atoms with E-state index < -0.39 is 6.10 Å². The van der Waals surface area contributed by atoms with E-state index in [1.807, 2.05) is 16.7 Å². The monoisotopic (exact) mass is 267 g/mol. The Bertz CT molecular complexity index is 774. The summed E-state index contributed by atoms with van der Waals surface area (Å²) in [6, 6.07) is 7.91. The van der Waals surface area contributed by atoms with Crippen molar-refractivity contribution in [1.29, 1.82) is 0 Å². The number of aryl methyl sites for hydroxylation is 2. The molecule has 20 heavy (non-hydrogen) atoms. The summed E-state index contributed by atoms with van der Waals surface area (Å²) >= 11 is 0. The van der Waals surface area contributed by atoms with Gasteiger partial charge >= 0.3 is 0 Å². The Hall–Kier alpha value is -2.20. The molecule has 0 aliphatic rings. The zero-order valence-corrected chi connectivity index (χ0v) is 11.8. The molecule has 0 fully saturated rings. The smallest absolute Gasteiger partial charge is 0.144 e. The van der Waals surface area contributed by atoms with Crippen LogP contribution in [0.5, 0.6) is 0 Å². The van der Waals surface area contributed by atoms with Crippen LogP contribution in [0.1, 0.15) is 29.7 Å². The molecule has 1 aromatic carbocycles. The molecule has 0 saturated heterocycles. The Morgan fingerprint density at radius 1 is 1.15 bits per heavy atom. The highest BCUT2D eigenvalue weighted by Crippen LogP contribution is 2.25. The van der Waals surface area contributed by atoms with Crippen molar-refractivity contribution in [3.05, 3.63) is 53.5 Å². The lowest BCUT2D eigenvalue weighted by molar-refractivity contribution is 0.198. The number of aromatic nitrogens is 3. The van der Waals surface area contributed by atoms with E-state index >= 15 is 0 Å². The van der Waals surface area contributed by atoms with Gasteiger partial charge in [0, 0.05) is 11.8 Å². The maximum atomic E-state index is 9.90. The fraction of sp³-hybridized carbons (Fsp3) is 0.250. The Balaban J connectivity index is 2.28. The third-order valence-electron chi connectivity index (χ3n) is 3.66. The second kappa shape index (κ2) is 4.72. The maximum absolute atomic E-state index is 9.90. The van der Waals surface area contributed by atoms with Gasteiger partial charge in [0.15, 0.2) is 0 Å². The van der Waals surface area contributed by atoms with Crippen molar-refractivity contribution in [2.45, 2.75) is 26.9 Å². The van der Waals surface area contributed by atoms with Gasteiger partial charge in [-0.1, -0.05) is 6.07 Å². The van der Waals surface area contributed by atoms with Crippen LogP contribution in [0, 0.1) is 13.8 Å². The van der Waals surface area contributed by atoms with Crippen LogP contribution >= 0.6 is 0 Å². The van der Waals surface area contributed by atoms with Crippen molar-refractivity contribution in [2.24, 2.45) is 0 Å². The molecule has 1 atom stereocenters. The summed E-state index contributed by atoms with van der Waals surface area (Å²) in [6.45, 7) is 5.91. The lowest BCUT2D eigenvalue weighted by Gasteiger charge is -2.12. The summed E-state index contributed by atoms with van der Waals surface area (Å²) in [5, 5.41) is 9.90. The molecule has 2 heterocycles. The van der Waals surface area contributed by atoms with Crippen molar-refractivity contribution < 1.29 is 5.11 Å². The van der Waals surface area contributed by atoms with Crippen LogP contribution in [0.3, 0.4) is 0 Å². The molecule has 3 aromatic rings. The second-order valence-electron chi connectivity index (χ2n) is 5.13. The molecule has 3 rings (SSSR count). The average Bonchev–Trinajstić information content (AvgIpc) is 2.82. The van der Waals surface area contributed by atoms with Gasteiger partial charge in [0.2, 0.25) is 0 Å². The van der Waals surface area contributed by atoms with Crippen molar-refractivity contribution in [3.8, 4) is 5.82 Å². The van der Waals surface area contributed by atoms with E-state index in [0.717, 1.165) is 22.4 Å². The first-order valence-corrected chi connectivity index (χ1v) is 6.65. The summed E-state index contributed by atoms with van der Waals surface area (Å²) in [5.74, 6) is 0.730. The first-order valence-electron chi connectivity index (χ1n) is 6.65. The summed E-state index contributed by atoms with van der Waals surface area (Å²) < 4.78 is 1.93. The van der Waals surface area contributed by atoms with E-state index in [-0.39, 0.29) is 0 Å². The first-order chi connectivity index (χ1) is 9.58. The number of nitrogens with zero attached hydrogens (tertiary/aromatic N) is 3. The number of hydrogen-bond donors (Lipinski definition) is 1. The lowest BCUT2D eigenvalue weighted by atomic mass is 10.1. The molecule has 102 valence electrons. The van der Waals surface area contributed by atoms with Gasteiger partial charge in [-0.05, 0) is 50.1 Å². The van der Waals surface area contributed by atoms with Crippen molar-refractivity contribution in [2.75, 3.05) is 0 Å². The molecule has 0 aliphatic carbocycles. The summed E-state index contributed by atoms with van der Waals surface area (Å²) in [5.41, 5.74) is 5.18. The SMILES string of the molecule is Cc1cc2ncn(-c3ncccc3C(C)O)c2cc1C. The van der Waals surface area contributed by atoms with Crippen LogP contribution in [-0.2, 0) is 0 Å². The molecule has 1 unspecified atom stereocenters. The van der Waals surface area contributed by atoms with Crippen LogP contribution in [0.15, 0.2) is 36.8 Å². The normalized spacial score (nSPS) is 12.8. The zero-order valence-electron chi connectivity index (χ0n) is 11.8. The molecular weight excluding hydrogens is 250 g/mol. The van der Waals surface area contributed by atoms with Crippen LogP contribution in [0.4, 0.5) is 0 Å². The predicted octanol–water partition coefficient (Wildman–Crippen LogP) is 3.09. The molecule has 0 bridgehead atoms. The van der Waals surface area contributed by atoms with E-state index in [0.29, 0.717) is 0 Å². The second-order valence-corrected chi connectivity index (χ2v) is 5.13. The molecule has 1 N–H and O–H groups in total. The minimum absolute atomic E-state index is 0.567. The number of benzene rings is 1. The van der Waals surface area contributed by atoms with Gasteiger partial charge in [-0.2, -0.15) is 0 Å². The zero-order chi connectivity index (χ0) is 14.3. The Morgan fingerprint density at radius 3 is 2.65 bits per heavy atom. The highest BCUT2D eigenvalue weighted by molar-refractivity contribution is 5.79. The third kappa shape index (κ3) is 1.98. The van der Waals surface area contributed by atoms with Crippen molar-refractivity contribution in [1.82, 2.24) is 14.5 Å². The number of rotatable bonds is 2. The molecule has 0 spiro atoms. The van der Waals surface area contributed by atoms with Crippen LogP contribution < -0.4 is 0 Å². The van der Waals surface area contributed by atoms with Gasteiger partial charge in [-0.25, -0.2) is 9.97 Å². The van der Waals surface area contributed by atoms with E-state index in [4.69, 9.17) is 0 Å². The topological polar surface area (TPSA) is 50.9 Å².